The largest absolute Gasteiger partial charge is 0.490 e. The zero-order valence-electron chi connectivity index (χ0n) is 8.47. The Morgan fingerprint density at radius 1 is 1.40 bits per heavy atom. The van der Waals surface area contributed by atoms with Crippen molar-refractivity contribution in [2.24, 2.45) is 5.92 Å². The number of alkyl halides is 1. The summed E-state index contributed by atoms with van der Waals surface area (Å²) in [4.78, 5) is 0. The zero-order valence-corrected chi connectivity index (χ0v) is 10.1. The average Bonchev–Trinajstić information content (AvgIpc) is 2.24. The molecule has 15 heavy (non-hydrogen) atoms. The number of halogens is 3. The molecule has 0 aliphatic heterocycles. The molecule has 0 saturated heterocycles. The molecule has 1 aromatic rings. The topological polar surface area (TPSA) is 9.23 Å². The van der Waals surface area contributed by atoms with Crippen molar-refractivity contribution in [3.8, 4) is 5.75 Å². The molecule has 0 aromatic heterocycles. The Hall–Kier alpha value is -0.640. The van der Waals surface area contributed by atoms with Crippen molar-refractivity contribution >= 4 is 15.9 Å². The summed E-state index contributed by atoms with van der Waals surface area (Å²) in [5.74, 6) is -0.721. The molecule has 0 radical (unpaired) electrons. The SMILES string of the molecule is CCC(CBr)COc1cc(F)ccc1F. The Morgan fingerprint density at radius 2 is 2.13 bits per heavy atom. The Morgan fingerprint density at radius 3 is 2.73 bits per heavy atom. The summed E-state index contributed by atoms with van der Waals surface area (Å²) >= 11 is 3.33. The molecule has 1 nitrogen and oxygen atoms in total. The molecule has 0 amide bonds. The number of benzene rings is 1. The van der Waals surface area contributed by atoms with Gasteiger partial charge in [0.1, 0.15) is 5.82 Å². The van der Waals surface area contributed by atoms with Gasteiger partial charge in [0, 0.05) is 17.3 Å². The van der Waals surface area contributed by atoms with Gasteiger partial charge in [-0.1, -0.05) is 22.9 Å². The van der Waals surface area contributed by atoms with E-state index in [2.05, 4.69) is 15.9 Å². The molecular weight excluding hydrogens is 266 g/mol. The van der Waals surface area contributed by atoms with Gasteiger partial charge in [-0.2, -0.15) is 0 Å². The highest BCUT2D eigenvalue weighted by Gasteiger charge is 2.09. The van der Waals surface area contributed by atoms with Gasteiger partial charge in [-0.25, -0.2) is 8.78 Å². The van der Waals surface area contributed by atoms with Crippen molar-refractivity contribution in [1.82, 2.24) is 0 Å². The van der Waals surface area contributed by atoms with Crippen LogP contribution in [0.1, 0.15) is 13.3 Å². The van der Waals surface area contributed by atoms with Crippen LogP contribution in [0, 0.1) is 17.6 Å². The van der Waals surface area contributed by atoms with Crippen LogP contribution in [0.4, 0.5) is 8.78 Å². The second kappa shape index (κ2) is 6.05. The van der Waals surface area contributed by atoms with Crippen LogP contribution < -0.4 is 4.74 Å². The maximum atomic E-state index is 13.1. The van der Waals surface area contributed by atoms with E-state index in [1.807, 2.05) is 6.92 Å². The van der Waals surface area contributed by atoms with E-state index in [9.17, 15) is 8.78 Å². The van der Waals surface area contributed by atoms with Gasteiger partial charge in [-0.3, -0.25) is 0 Å². The van der Waals surface area contributed by atoms with E-state index in [4.69, 9.17) is 4.74 Å². The summed E-state index contributed by atoms with van der Waals surface area (Å²) in [6, 6.07) is 3.21. The first-order valence-electron chi connectivity index (χ1n) is 4.81. The standard InChI is InChI=1S/C11H13BrF2O/c1-2-8(6-12)7-15-11-5-9(13)3-4-10(11)14/h3-5,8H,2,6-7H2,1H3. The first-order valence-corrected chi connectivity index (χ1v) is 5.93. The molecule has 4 heteroatoms. The fourth-order valence-electron chi connectivity index (χ4n) is 1.07. The summed E-state index contributed by atoms with van der Waals surface area (Å²) in [5.41, 5.74) is 0. The Kier molecular flexibility index (Phi) is 5.02. The Balaban J connectivity index is 2.60. The maximum absolute atomic E-state index is 13.1. The lowest BCUT2D eigenvalue weighted by molar-refractivity contribution is 0.248. The Labute approximate surface area is 96.6 Å². The third-order valence-corrected chi connectivity index (χ3v) is 3.08. The quantitative estimate of drug-likeness (QED) is 0.745. The smallest absolute Gasteiger partial charge is 0.165 e. The van der Waals surface area contributed by atoms with Crippen LogP contribution in [0.2, 0.25) is 0 Å². The molecule has 0 N–H and O–H groups in total. The molecule has 1 unspecified atom stereocenters. The van der Waals surface area contributed by atoms with Gasteiger partial charge >= 0.3 is 0 Å². The predicted octanol–water partition coefficient (Wildman–Crippen LogP) is 3.76. The molecule has 1 atom stereocenters. The second-order valence-electron chi connectivity index (χ2n) is 3.31. The first-order chi connectivity index (χ1) is 7.17. The third kappa shape index (κ3) is 3.78. The highest BCUT2D eigenvalue weighted by Crippen LogP contribution is 2.19. The van der Waals surface area contributed by atoms with Gasteiger partial charge in [-0.15, -0.1) is 0 Å². The molecule has 0 bridgehead atoms. The molecule has 0 saturated carbocycles. The number of ether oxygens (including phenoxy) is 1. The minimum Gasteiger partial charge on any atom is -0.490 e. The summed E-state index contributed by atoms with van der Waals surface area (Å²) in [7, 11) is 0. The zero-order chi connectivity index (χ0) is 11.3. The highest BCUT2D eigenvalue weighted by molar-refractivity contribution is 9.09. The molecule has 84 valence electrons. The molecule has 0 fully saturated rings. The minimum absolute atomic E-state index is 0.0191. The van der Waals surface area contributed by atoms with Gasteiger partial charge in [0.2, 0.25) is 0 Å². The predicted molar refractivity (Wildman–Crippen MR) is 59.4 cm³/mol. The van der Waals surface area contributed by atoms with E-state index in [1.165, 1.54) is 0 Å². The van der Waals surface area contributed by atoms with Gasteiger partial charge in [0.05, 0.1) is 6.61 Å². The number of rotatable bonds is 5. The monoisotopic (exact) mass is 278 g/mol. The fraction of sp³-hybridized carbons (Fsp3) is 0.455. The van der Waals surface area contributed by atoms with E-state index < -0.39 is 11.6 Å². The van der Waals surface area contributed by atoms with Crippen LogP contribution in [-0.2, 0) is 0 Å². The van der Waals surface area contributed by atoms with Crippen LogP contribution in [0.3, 0.4) is 0 Å². The molecule has 1 rings (SSSR count). The summed E-state index contributed by atoms with van der Waals surface area (Å²) < 4.78 is 31.1. The number of hydrogen-bond acceptors (Lipinski definition) is 1. The van der Waals surface area contributed by atoms with Crippen LogP contribution in [-0.4, -0.2) is 11.9 Å². The van der Waals surface area contributed by atoms with E-state index >= 15 is 0 Å². The van der Waals surface area contributed by atoms with Crippen molar-refractivity contribution in [3.05, 3.63) is 29.8 Å². The van der Waals surface area contributed by atoms with E-state index in [0.717, 1.165) is 30.0 Å². The van der Waals surface area contributed by atoms with Gasteiger partial charge < -0.3 is 4.74 Å². The first kappa shape index (κ1) is 12.4. The third-order valence-electron chi connectivity index (χ3n) is 2.16. The van der Waals surface area contributed by atoms with Crippen molar-refractivity contribution in [2.45, 2.75) is 13.3 Å². The van der Waals surface area contributed by atoms with Crippen molar-refractivity contribution in [1.29, 1.82) is 0 Å². The average molecular weight is 279 g/mol. The summed E-state index contributed by atoms with van der Waals surface area (Å²) in [6.07, 6.45) is 0.933. The lowest BCUT2D eigenvalue weighted by Gasteiger charge is -2.13. The molecular formula is C11H13BrF2O. The molecule has 0 heterocycles. The van der Waals surface area contributed by atoms with Gasteiger partial charge in [0.25, 0.3) is 0 Å². The van der Waals surface area contributed by atoms with Crippen molar-refractivity contribution in [3.63, 3.8) is 0 Å². The minimum atomic E-state index is -0.527. The molecule has 0 aliphatic rings. The van der Waals surface area contributed by atoms with Crippen LogP contribution in [0.15, 0.2) is 18.2 Å². The lowest BCUT2D eigenvalue weighted by atomic mass is 10.1. The van der Waals surface area contributed by atoms with Crippen LogP contribution in [0.5, 0.6) is 5.75 Å². The maximum Gasteiger partial charge on any atom is 0.165 e. The van der Waals surface area contributed by atoms with Gasteiger partial charge in [-0.05, 0) is 18.6 Å². The fourth-order valence-corrected chi connectivity index (χ4v) is 1.71. The van der Waals surface area contributed by atoms with Crippen molar-refractivity contribution < 1.29 is 13.5 Å². The van der Waals surface area contributed by atoms with E-state index in [0.29, 0.717) is 12.5 Å². The van der Waals surface area contributed by atoms with E-state index in [-0.39, 0.29) is 5.75 Å². The summed E-state index contributed by atoms with van der Waals surface area (Å²) in [5, 5.41) is 0.792. The highest BCUT2D eigenvalue weighted by atomic mass is 79.9. The Bertz CT molecular complexity index is 313. The number of hydrogen-bond donors (Lipinski definition) is 0. The molecule has 0 aliphatic carbocycles. The summed E-state index contributed by atoms with van der Waals surface area (Å²) in [6.45, 7) is 2.42. The van der Waals surface area contributed by atoms with Crippen molar-refractivity contribution in [2.75, 3.05) is 11.9 Å². The molecule has 1 aromatic carbocycles. The van der Waals surface area contributed by atoms with Crippen LogP contribution >= 0.6 is 15.9 Å². The lowest BCUT2D eigenvalue weighted by Crippen LogP contribution is -2.13. The normalized spacial score (nSPS) is 12.5. The molecule has 0 spiro atoms. The van der Waals surface area contributed by atoms with E-state index in [1.54, 1.807) is 0 Å². The van der Waals surface area contributed by atoms with Gasteiger partial charge in [0.15, 0.2) is 11.6 Å². The van der Waals surface area contributed by atoms with Crippen LogP contribution in [0.25, 0.3) is 0 Å². The second-order valence-corrected chi connectivity index (χ2v) is 3.96.